The minimum Gasteiger partial charge on any atom is -0.369 e. The summed E-state index contributed by atoms with van der Waals surface area (Å²) in [4.78, 5) is 24.4. The Morgan fingerprint density at radius 2 is 2.22 bits per heavy atom. The van der Waals surface area contributed by atoms with Gasteiger partial charge in [-0.2, -0.15) is 0 Å². The quantitative estimate of drug-likeness (QED) is 0.689. The number of nitrogens with zero attached hydrogens (tertiary/aromatic N) is 2. The zero-order valence-corrected chi connectivity index (χ0v) is 13.5. The number of carbonyl (C=O) groups is 1. The predicted molar refractivity (Wildman–Crippen MR) is 89.6 cm³/mol. The molecule has 1 aromatic heterocycles. The van der Waals surface area contributed by atoms with Crippen molar-refractivity contribution < 1.29 is 9.72 Å². The lowest BCUT2D eigenvalue weighted by Crippen LogP contribution is -2.41. The smallest absolute Gasteiger partial charge is 0.324 e. The summed E-state index contributed by atoms with van der Waals surface area (Å²) in [6.07, 6.45) is 0.651. The van der Waals surface area contributed by atoms with Gasteiger partial charge in [0.2, 0.25) is 5.91 Å². The van der Waals surface area contributed by atoms with Gasteiger partial charge >= 0.3 is 5.00 Å². The monoisotopic (exact) mass is 331 g/mol. The summed E-state index contributed by atoms with van der Waals surface area (Å²) in [7, 11) is 0. The van der Waals surface area contributed by atoms with Gasteiger partial charge in [-0.15, -0.1) is 0 Å². The number of amides is 1. The first kappa shape index (κ1) is 15.5. The SMILES string of the molecule is CC1CC(C(N)=O)c2ccccc2N1Cc1csc([N+](=O)[O-])c1. The number of benzene rings is 1. The molecule has 0 fully saturated rings. The van der Waals surface area contributed by atoms with E-state index < -0.39 is 0 Å². The Balaban J connectivity index is 1.93. The van der Waals surface area contributed by atoms with Gasteiger partial charge in [0.15, 0.2) is 0 Å². The largest absolute Gasteiger partial charge is 0.369 e. The molecular weight excluding hydrogens is 314 g/mol. The van der Waals surface area contributed by atoms with E-state index in [-0.39, 0.29) is 27.8 Å². The molecular formula is C16H17N3O3S. The number of primary amides is 1. The number of hydrogen-bond donors (Lipinski definition) is 1. The maximum Gasteiger partial charge on any atom is 0.324 e. The van der Waals surface area contributed by atoms with Crippen molar-refractivity contribution in [1.82, 2.24) is 0 Å². The molecule has 1 aliphatic rings. The first-order chi connectivity index (χ1) is 11.0. The van der Waals surface area contributed by atoms with Crippen molar-refractivity contribution in [2.75, 3.05) is 4.90 Å². The Labute approximate surface area is 137 Å². The second-order valence-corrected chi connectivity index (χ2v) is 6.67. The molecule has 0 spiro atoms. The van der Waals surface area contributed by atoms with Gasteiger partial charge in [-0.05, 0) is 30.5 Å². The lowest BCUT2D eigenvalue weighted by atomic mass is 9.85. The van der Waals surface area contributed by atoms with Crippen molar-refractivity contribution in [3.63, 3.8) is 0 Å². The number of carbonyl (C=O) groups excluding carboxylic acids is 1. The molecule has 2 atom stereocenters. The molecule has 2 unspecified atom stereocenters. The summed E-state index contributed by atoms with van der Waals surface area (Å²) < 4.78 is 0. The van der Waals surface area contributed by atoms with Crippen molar-refractivity contribution in [1.29, 1.82) is 0 Å². The van der Waals surface area contributed by atoms with Crippen LogP contribution in [0.3, 0.4) is 0 Å². The number of hydrogen-bond acceptors (Lipinski definition) is 5. The molecule has 0 saturated heterocycles. The molecule has 1 aliphatic heterocycles. The van der Waals surface area contributed by atoms with Gasteiger partial charge in [0, 0.05) is 29.7 Å². The zero-order chi connectivity index (χ0) is 16.6. The van der Waals surface area contributed by atoms with Crippen LogP contribution in [0, 0.1) is 10.1 Å². The first-order valence-electron chi connectivity index (χ1n) is 7.34. The number of rotatable bonds is 4. The fourth-order valence-corrected chi connectivity index (χ4v) is 3.85. The van der Waals surface area contributed by atoms with Crippen LogP contribution in [-0.4, -0.2) is 16.9 Å². The Morgan fingerprint density at radius 1 is 1.48 bits per heavy atom. The summed E-state index contributed by atoms with van der Waals surface area (Å²) >= 11 is 1.13. The second-order valence-electron chi connectivity index (χ2n) is 5.78. The van der Waals surface area contributed by atoms with Crippen LogP contribution in [0.5, 0.6) is 0 Å². The number of para-hydroxylation sites is 1. The van der Waals surface area contributed by atoms with E-state index in [1.165, 1.54) is 0 Å². The molecule has 120 valence electrons. The third-order valence-corrected chi connectivity index (χ3v) is 5.18. The molecule has 6 nitrogen and oxygen atoms in total. The van der Waals surface area contributed by atoms with Gasteiger partial charge in [-0.3, -0.25) is 14.9 Å². The molecule has 2 N–H and O–H groups in total. The van der Waals surface area contributed by atoms with Crippen LogP contribution in [0.15, 0.2) is 35.7 Å². The number of thiophene rings is 1. The Bertz CT molecular complexity index is 759. The van der Waals surface area contributed by atoms with Crippen molar-refractivity contribution >= 4 is 27.9 Å². The maximum atomic E-state index is 11.7. The van der Waals surface area contributed by atoms with Crippen LogP contribution >= 0.6 is 11.3 Å². The van der Waals surface area contributed by atoms with E-state index in [1.54, 1.807) is 6.07 Å². The third-order valence-electron chi connectivity index (χ3n) is 4.25. The van der Waals surface area contributed by atoms with E-state index in [0.29, 0.717) is 13.0 Å². The number of anilines is 1. The van der Waals surface area contributed by atoms with Gasteiger partial charge in [0.05, 0.1) is 10.8 Å². The molecule has 0 aliphatic carbocycles. The normalized spacial score (nSPS) is 20.1. The second kappa shape index (κ2) is 6.00. The summed E-state index contributed by atoms with van der Waals surface area (Å²) in [6, 6.07) is 9.47. The summed E-state index contributed by atoms with van der Waals surface area (Å²) in [5.74, 6) is -0.593. The molecule has 2 heterocycles. The molecule has 2 aromatic rings. The minimum absolute atomic E-state index is 0.126. The van der Waals surface area contributed by atoms with Crippen molar-refractivity contribution in [3.8, 4) is 0 Å². The highest BCUT2D eigenvalue weighted by molar-refractivity contribution is 7.13. The van der Waals surface area contributed by atoms with Crippen LogP contribution in [0.1, 0.15) is 30.4 Å². The highest BCUT2D eigenvalue weighted by Crippen LogP contribution is 2.39. The zero-order valence-electron chi connectivity index (χ0n) is 12.6. The Hall–Kier alpha value is -2.41. The topological polar surface area (TPSA) is 89.5 Å². The van der Waals surface area contributed by atoms with Gasteiger partial charge in [0.1, 0.15) is 0 Å². The predicted octanol–water partition coefficient (Wildman–Crippen LogP) is 3.02. The summed E-state index contributed by atoms with van der Waals surface area (Å²) in [5.41, 5.74) is 8.36. The summed E-state index contributed by atoms with van der Waals surface area (Å²) in [5, 5.41) is 12.8. The molecule has 7 heteroatoms. The average molecular weight is 331 g/mol. The maximum absolute atomic E-state index is 11.7. The lowest BCUT2D eigenvalue weighted by molar-refractivity contribution is -0.380. The fourth-order valence-electron chi connectivity index (χ4n) is 3.12. The van der Waals surface area contributed by atoms with Crippen LogP contribution in [0.2, 0.25) is 0 Å². The summed E-state index contributed by atoms with van der Waals surface area (Å²) in [6.45, 7) is 2.63. The minimum atomic E-state index is -0.370. The van der Waals surface area contributed by atoms with Gasteiger partial charge in [0.25, 0.3) is 0 Å². The third kappa shape index (κ3) is 2.92. The molecule has 0 bridgehead atoms. The highest BCUT2D eigenvalue weighted by Gasteiger charge is 2.33. The van der Waals surface area contributed by atoms with E-state index in [0.717, 1.165) is 28.2 Å². The molecule has 0 saturated carbocycles. The van der Waals surface area contributed by atoms with Crippen LogP contribution in [0.25, 0.3) is 0 Å². The number of nitro groups is 1. The lowest BCUT2D eigenvalue weighted by Gasteiger charge is -2.39. The van der Waals surface area contributed by atoms with E-state index in [9.17, 15) is 14.9 Å². The van der Waals surface area contributed by atoms with Gasteiger partial charge in [-0.25, -0.2) is 0 Å². The molecule has 23 heavy (non-hydrogen) atoms. The van der Waals surface area contributed by atoms with Crippen molar-refractivity contribution in [2.24, 2.45) is 5.73 Å². The van der Waals surface area contributed by atoms with Crippen molar-refractivity contribution in [3.05, 3.63) is 57.0 Å². The fraction of sp³-hybridized carbons (Fsp3) is 0.312. The molecule has 1 aromatic carbocycles. The molecule has 0 radical (unpaired) electrons. The van der Waals surface area contributed by atoms with Gasteiger partial charge in [-0.1, -0.05) is 29.5 Å². The van der Waals surface area contributed by atoms with E-state index in [2.05, 4.69) is 4.90 Å². The van der Waals surface area contributed by atoms with E-state index >= 15 is 0 Å². The standard InChI is InChI=1S/C16H17N3O3S/c1-10-6-13(16(17)20)12-4-2-3-5-14(12)18(10)8-11-7-15(19(21)22)23-9-11/h2-5,7,9-10,13H,6,8H2,1H3,(H2,17,20). The molecule has 3 rings (SSSR count). The first-order valence-corrected chi connectivity index (χ1v) is 8.22. The average Bonchev–Trinajstić information content (AvgIpc) is 2.98. The van der Waals surface area contributed by atoms with Gasteiger partial charge < -0.3 is 10.6 Å². The highest BCUT2D eigenvalue weighted by atomic mass is 32.1. The van der Waals surface area contributed by atoms with Crippen LogP contribution in [0.4, 0.5) is 10.7 Å². The van der Waals surface area contributed by atoms with Crippen LogP contribution in [-0.2, 0) is 11.3 Å². The van der Waals surface area contributed by atoms with E-state index in [4.69, 9.17) is 5.73 Å². The Morgan fingerprint density at radius 3 is 2.87 bits per heavy atom. The van der Waals surface area contributed by atoms with Crippen molar-refractivity contribution in [2.45, 2.75) is 31.8 Å². The van der Waals surface area contributed by atoms with E-state index in [1.807, 2.05) is 36.6 Å². The number of fused-ring (bicyclic) bond motifs is 1. The Kier molecular flexibility index (Phi) is 4.04. The molecule has 1 amide bonds. The number of nitrogens with two attached hydrogens (primary N) is 1. The van der Waals surface area contributed by atoms with Crippen LogP contribution < -0.4 is 10.6 Å².